The van der Waals surface area contributed by atoms with Crippen LogP contribution >= 0.6 is 11.3 Å². The second-order valence-corrected chi connectivity index (χ2v) is 5.55. The quantitative estimate of drug-likeness (QED) is 0.578. The van der Waals surface area contributed by atoms with Crippen LogP contribution in [0.2, 0.25) is 0 Å². The van der Waals surface area contributed by atoms with E-state index in [-0.39, 0.29) is 0 Å². The summed E-state index contributed by atoms with van der Waals surface area (Å²) in [6.45, 7) is 9.20. The predicted octanol–water partition coefficient (Wildman–Crippen LogP) is 4.10. The van der Waals surface area contributed by atoms with E-state index in [1.165, 1.54) is 20.5 Å². The van der Waals surface area contributed by atoms with E-state index >= 15 is 0 Å². The lowest BCUT2D eigenvalue weighted by Crippen LogP contribution is -2.12. The Morgan fingerprint density at radius 3 is 3.00 bits per heavy atom. The van der Waals surface area contributed by atoms with Crippen LogP contribution in [-0.4, -0.2) is 13.2 Å². The normalized spacial score (nSPS) is 11.0. The van der Waals surface area contributed by atoms with Gasteiger partial charge in [-0.25, -0.2) is 0 Å². The summed E-state index contributed by atoms with van der Waals surface area (Å²) in [4.78, 5) is 1.39. The standard InChI is InChI=1S/C16H21NOS/c1-3-5-10-18-12-14-13-8-6-7-9-15(13)19-16(14)11-17-4-2/h3,6-9,17H,1,4-5,10-12H2,2H3. The number of fused-ring (bicyclic) bond motifs is 1. The third-order valence-corrected chi connectivity index (χ3v) is 4.24. The molecule has 19 heavy (non-hydrogen) atoms. The molecule has 0 fully saturated rings. The first-order chi connectivity index (χ1) is 9.36. The van der Waals surface area contributed by atoms with E-state index in [4.69, 9.17) is 4.74 Å². The third kappa shape index (κ3) is 3.66. The summed E-state index contributed by atoms with van der Waals surface area (Å²) in [6.07, 6.45) is 2.80. The van der Waals surface area contributed by atoms with Crippen LogP contribution in [0.15, 0.2) is 36.9 Å². The molecule has 0 amide bonds. The molecule has 0 aliphatic heterocycles. The number of benzene rings is 1. The summed E-state index contributed by atoms with van der Waals surface area (Å²) < 4.78 is 7.10. The molecule has 102 valence electrons. The van der Waals surface area contributed by atoms with Gasteiger partial charge >= 0.3 is 0 Å². The lowest BCUT2D eigenvalue weighted by molar-refractivity contribution is 0.126. The van der Waals surface area contributed by atoms with Gasteiger partial charge in [-0.3, -0.25) is 0 Å². The molecule has 0 spiro atoms. The summed E-state index contributed by atoms with van der Waals surface area (Å²) >= 11 is 1.86. The second-order valence-electron chi connectivity index (χ2n) is 4.41. The van der Waals surface area contributed by atoms with Crippen molar-refractivity contribution in [3.8, 4) is 0 Å². The van der Waals surface area contributed by atoms with E-state index < -0.39 is 0 Å². The van der Waals surface area contributed by atoms with Gasteiger partial charge in [0.1, 0.15) is 0 Å². The van der Waals surface area contributed by atoms with Crippen molar-refractivity contribution in [2.24, 2.45) is 0 Å². The largest absolute Gasteiger partial charge is 0.376 e. The summed E-state index contributed by atoms with van der Waals surface area (Å²) in [5.74, 6) is 0. The van der Waals surface area contributed by atoms with E-state index in [9.17, 15) is 0 Å². The Morgan fingerprint density at radius 2 is 2.21 bits per heavy atom. The zero-order chi connectivity index (χ0) is 13.5. The fourth-order valence-corrected chi connectivity index (χ4v) is 3.21. The molecule has 0 aliphatic rings. The van der Waals surface area contributed by atoms with E-state index in [2.05, 4.69) is 43.1 Å². The monoisotopic (exact) mass is 275 g/mol. The molecule has 0 atom stereocenters. The van der Waals surface area contributed by atoms with Gasteiger partial charge in [-0.15, -0.1) is 17.9 Å². The van der Waals surface area contributed by atoms with Crippen LogP contribution in [0.1, 0.15) is 23.8 Å². The Bertz CT molecular complexity index is 533. The minimum Gasteiger partial charge on any atom is -0.376 e. The van der Waals surface area contributed by atoms with Gasteiger partial charge in [-0.2, -0.15) is 0 Å². The highest BCUT2D eigenvalue weighted by atomic mass is 32.1. The van der Waals surface area contributed by atoms with Gasteiger partial charge in [0, 0.05) is 21.7 Å². The molecule has 1 N–H and O–H groups in total. The van der Waals surface area contributed by atoms with Crippen LogP contribution in [0.3, 0.4) is 0 Å². The molecular formula is C16H21NOS. The Balaban J connectivity index is 2.18. The van der Waals surface area contributed by atoms with Crippen LogP contribution in [-0.2, 0) is 17.9 Å². The summed E-state index contributed by atoms with van der Waals surface area (Å²) in [5, 5.41) is 4.74. The maximum atomic E-state index is 5.75. The van der Waals surface area contributed by atoms with Crippen molar-refractivity contribution < 1.29 is 4.74 Å². The van der Waals surface area contributed by atoms with Crippen LogP contribution in [0.4, 0.5) is 0 Å². The molecule has 3 heteroatoms. The minimum absolute atomic E-state index is 0.693. The van der Waals surface area contributed by atoms with Gasteiger partial charge in [0.05, 0.1) is 13.2 Å². The first-order valence-corrected chi connectivity index (χ1v) is 7.57. The zero-order valence-corrected chi connectivity index (χ0v) is 12.3. The number of nitrogens with one attached hydrogen (secondary N) is 1. The van der Waals surface area contributed by atoms with Crippen molar-refractivity contribution in [3.63, 3.8) is 0 Å². The van der Waals surface area contributed by atoms with E-state index in [1.54, 1.807) is 0 Å². The van der Waals surface area contributed by atoms with E-state index in [0.717, 1.165) is 26.1 Å². The first kappa shape index (κ1) is 14.3. The van der Waals surface area contributed by atoms with Crippen molar-refractivity contribution in [1.29, 1.82) is 0 Å². The molecule has 2 aromatic rings. The number of hydrogen-bond acceptors (Lipinski definition) is 3. The van der Waals surface area contributed by atoms with Crippen molar-refractivity contribution in [2.45, 2.75) is 26.5 Å². The van der Waals surface area contributed by atoms with Crippen molar-refractivity contribution in [2.75, 3.05) is 13.2 Å². The fourth-order valence-electron chi connectivity index (χ4n) is 2.03. The Morgan fingerprint density at radius 1 is 1.37 bits per heavy atom. The van der Waals surface area contributed by atoms with Gasteiger partial charge in [-0.1, -0.05) is 31.2 Å². The molecule has 1 heterocycles. The lowest BCUT2D eigenvalue weighted by Gasteiger charge is -2.06. The molecule has 0 saturated carbocycles. The van der Waals surface area contributed by atoms with Gasteiger partial charge < -0.3 is 10.1 Å². The van der Waals surface area contributed by atoms with Gasteiger partial charge in [-0.05, 0) is 24.4 Å². The van der Waals surface area contributed by atoms with Crippen molar-refractivity contribution >= 4 is 21.4 Å². The molecule has 2 rings (SSSR count). The molecule has 0 unspecified atom stereocenters. The predicted molar refractivity (Wildman–Crippen MR) is 83.7 cm³/mol. The summed E-state index contributed by atoms with van der Waals surface area (Å²) in [5.41, 5.74) is 1.34. The molecule has 0 bridgehead atoms. The molecular weight excluding hydrogens is 254 g/mol. The number of ether oxygens (including phenoxy) is 1. The average Bonchev–Trinajstić information content (AvgIpc) is 2.79. The minimum atomic E-state index is 0.693. The highest BCUT2D eigenvalue weighted by Crippen LogP contribution is 2.31. The third-order valence-electron chi connectivity index (χ3n) is 3.03. The van der Waals surface area contributed by atoms with E-state index in [1.807, 2.05) is 17.4 Å². The Kier molecular flexibility index (Phi) is 5.58. The molecule has 1 aromatic carbocycles. The lowest BCUT2D eigenvalue weighted by atomic mass is 10.1. The van der Waals surface area contributed by atoms with Crippen molar-refractivity contribution in [1.82, 2.24) is 5.32 Å². The highest BCUT2D eigenvalue weighted by Gasteiger charge is 2.11. The number of rotatable bonds is 8. The van der Waals surface area contributed by atoms with Crippen LogP contribution < -0.4 is 5.32 Å². The molecule has 0 saturated heterocycles. The van der Waals surface area contributed by atoms with Crippen LogP contribution in [0.25, 0.3) is 10.1 Å². The molecule has 1 aromatic heterocycles. The average molecular weight is 275 g/mol. The van der Waals surface area contributed by atoms with Gasteiger partial charge in [0.25, 0.3) is 0 Å². The highest BCUT2D eigenvalue weighted by molar-refractivity contribution is 7.19. The van der Waals surface area contributed by atoms with E-state index in [0.29, 0.717) is 6.61 Å². The first-order valence-electron chi connectivity index (χ1n) is 6.75. The van der Waals surface area contributed by atoms with Crippen LogP contribution in [0, 0.1) is 0 Å². The fraction of sp³-hybridized carbons (Fsp3) is 0.375. The van der Waals surface area contributed by atoms with Gasteiger partial charge in [0.15, 0.2) is 0 Å². The smallest absolute Gasteiger partial charge is 0.0734 e. The SMILES string of the molecule is C=CCCOCc1c(CNCC)sc2ccccc12. The number of thiophene rings is 1. The maximum absolute atomic E-state index is 5.75. The molecule has 0 radical (unpaired) electrons. The topological polar surface area (TPSA) is 21.3 Å². The zero-order valence-electron chi connectivity index (χ0n) is 11.4. The van der Waals surface area contributed by atoms with Gasteiger partial charge in [0.2, 0.25) is 0 Å². The Labute approximate surface area is 119 Å². The summed E-state index contributed by atoms with van der Waals surface area (Å²) in [6, 6.07) is 8.56. The number of hydrogen-bond donors (Lipinski definition) is 1. The summed E-state index contributed by atoms with van der Waals surface area (Å²) in [7, 11) is 0. The molecule has 0 aliphatic carbocycles. The Hall–Kier alpha value is -1.16. The molecule has 2 nitrogen and oxygen atoms in total. The maximum Gasteiger partial charge on any atom is 0.0734 e. The van der Waals surface area contributed by atoms with Crippen LogP contribution in [0.5, 0.6) is 0 Å². The van der Waals surface area contributed by atoms with Crippen molar-refractivity contribution in [3.05, 3.63) is 47.4 Å². The second kappa shape index (κ2) is 7.43.